The van der Waals surface area contributed by atoms with Crippen LogP contribution in [0.4, 0.5) is 0 Å². The molecule has 0 radical (unpaired) electrons. The number of hydrogen-bond donors (Lipinski definition) is 2. The molecule has 0 aliphatic heterocycles. The van der Waals surface area contributed by atoms with Gasteiger partial charge in [-0.05, 0) is 13.8 Å². The molecule has 2 aromatic rings. The zero-order valence-electron chi connectivity index (χ0n) is 9.93. The van der Waals surface area contributed by atoms with E-state index < -0.39 is 0 Å². The van der Waals surface area contributed by atoms with Gasteiger partial charge in [0.25, 0.3) is 0 Å². The summed E-state index contributed by atoms with van der Waals surface area (Å²) in [7, 11) is 0. The van der Waals surface area contributed by atoms with Crippen molar-refractivity contribution in [2.45, 2.75) is 32.7 Å². The summed E-state index contributed by atoms with van der Waals surface area (Å²) in [4.78, 5) is 8.90. The fourth-order valence-electron chi connectivity index (χ4n) is 1.70. The first-order valence-corrected chi connectivity index (χ1v) is 7.21. The number of nitrogens with two attached hydrogens (primary N) is 1. The topological polar surface area (TPSA) is 63.8 Å². The average molecular weight is 268 g/mol. The van der Waals surface area contributed by atoms with Gasteiger partial charge in [-0.15, -0.1) is 22.7 Å². The van der Waals surface area contributed by atoms with E-state index in [9.17, 15) is 0 Å². The van der Waals surface area contributed by atoms with Crippen LogP contribution in [0.25, 0.3) is 0 Å². The molecule has 2 rings (SSSR count). The standard InChI is InChI=1S/C11H16N4S2/c1-7-13-10(5-16-7)3-9(15-12)4-11-6-17-8(2)14-11/h5-6,9,15H,3-4,12H2,1-2H3. The van der Waals surface area contributed by atoms with Gasteiger partial charge in [0.15, 0.2) is 0 Å². The van der Waals surface area contributed by atoms with Crippen molar-refractivity contribution >= 4 is 22.7 Å². The Morgan fingerprint density at radius 1 is 1.12 bits per heavy atom. The van der Waals surface area contributed by atoms with Gasteiger partial charge in [-0.1, -0.05) is 0 Å². The van der Waals surface area contributed by atoms with Crippen LogP contribution in [0, 0.1) is 13.8 Å². The summed E-state index contributed by atoms with van der Waals surface area (Å²) < 4.78 is 0. The zero-order valence-corrected chi connectivity index (χ0v) is 11.6. The minimum Gasteiger partial charge on any atom is -0.271 e. The van der Waals surface area contributed by atoms with Gasteiger partial charge in [-0.2, -0.15) is 0 Å². The highest BCUT2D eigenvalue weighted by molar-refractivity contribution is 7.09. The maximum atomic E-state index is 5.58. The highest BCUT2D eigenvalue weighted by Gasteiger charge is 2.12. The second kappa shape index (κ2) is 5.68. The number of hydrogen-bond acceptors (Lipinski definition) is 6. The van der Waals surface area contributed by atoms with Crippen LogP contribution in [0.1, 0.15) is 21.4 Å². The summed E-state index contributed by atoms with van der Waals surface area (Å²) in [5, 5.41) is 6.37. The molecule has 3 N–H and O–H groups in total. The van der Waals surface area contributed by atoms with Crippen LogP contribution in [-0.2, 0) is 12.8 Å². The molecule has 0 unspecified atom stereocenters. The number of thiazole rings is 2. The number of nitrogens with one attached hydrogen (secondary N) is 1. The molecular weight excluding hydrogens is 252 g/mol. The summed E-state index contributed by atoms with van der Waals surface area (Å²) in [5.74, 6) is 5.58. The van der Waals surface area contributed by atoms with E-state index >= 15 is 0 Å². The van der Waals surface area contributed by atoms with E-state index in [-0.39, 0.29) is 6.04 Å². The van der Waals surface area contributed by atoms with Crippen LogP contribution in [0.5, 0.6) is 0 Å². The highest BCUT2D eigenvalue weighted by atomic mass is 32.1. The van der Waals surface area contributed by atoms with Crippen LogP contribution in [0.2, 0.25) is 0 Å². The summed E-state index contributed by atoms with van der Waals surface area (Å²) in [6.45, 7) is 4.03. The van der Waals surface area contributed by atoms with Gasteiger partial charge in [0.1, 0.15) is 0 Å². The van der Waals surface area contributed by atoms with Crippen molar-refractivity contribution in [2.75, 3.05) is 0 Å². The number of hydrazine groups is 1. The second-order valence-corrected chi connectivity index (χ2v) is 6.11. The molecule has 2 heterocycles. The predicted octanol–water partition coefficient (Wildman–Crippen LogP) is 1.83. The molecule has 0 amide bonds. The minimum atomic E-state index is 0.193. The first-order chi connectivity index (χ1) is 8.17. The summed E-state index contributed by atoms with van der Waals surface area (Å²) in [6.07, 6.45) is 1.69. The molecule has 0 bridgehead atoms. The van der Waals surface area contributed by atoms with Crippen LogP contribution in [0.15, 0.2) is 10.8 Å². The second-order valence-electron chi connectivity index (χ2n) is 3.99. The molecule has 0 aliphatic carbocycles. The third kappa shape index (κ3) is 3.57. The minimum absolute atomic E-state index is 0.193. The summed E-state index contributed by atoms with van der Waals surface area (Å²) >= 11 is 3.35. The van der Waals surface area contributed by atoms with Gasteiger partial charge in [0.05, 0.1) is 21.4 Å². The summed E-state index contributed by atoms with van der Waals surface area (Å²) in [6, 6.07) is 0.193. The fraction of sp³-hybridized carbons (Fsp3) is 0.455. The van der Waals surface area contributed by atoms with E-state index in [4.69, 9.17) is 5.84 Å². The van der Waals surface area contributed by atoms with Gasteiger partial charge in [0, 0.05) is 29.6 Å². The van der Waals surface area contributed by atoms with E-state index in [1.807, 2.05) is 13.8 Å². The molecule has 2 aromatic heterocycles. The zero-order chi connectivity index (χ0) is 12.3. The van der Waals surface area contributed by atoms with Crippen molar-refractivity contribution in [3.05, 3.63) is 32.2 Å². The molecule has 0 spiro atoms. The molecule has 0 saturated heterocycles. The highest BCUT2D eigenvalue weighted by Crippen LogP contribution is 2.14. The van der Waals surface area contributed by atoms with Crippen molar-refractivity contribution in [2.24, 2.45) is 5.84 Å². The average Bonchev–Trinajstić information content (AvgIpc) is 2.87. The number of nitrogens with zero attached hydrogens (tertiary/aromatic N) is 2. The Labute approximate surface area is 109 Å². The largest absolute Gasteiger partial charge is 0.271 e. The van der Waals surface area contributed by atoms with Crippen molar-refractivity contribution in [1.82, 2.24) is 15.4 Å². The van der Waals surface area contributed by atoms with Gasteiger partial charge < -0.3 is 0 Å². The molecule has 92 valence electrons. The van der Waals surface area contributed by atoms with E-state index in [1.165, 1.54) is 0 Å². The summed E-state index contributed by atoms with van der Waals surface area (Å²) in [5.41, 5.74) is 5.05. The Kier molecular flexibility index (Phi) is 4.22. The van der Waals surface area contributed by atoms with Crippen LogP contribution in [-0.4, -0.2) is 16.0 Å². The monoisotopic (exact) mass is 268 g/mol. The van der Waals surface area contributed by atoms with Gasteiger partial charge in [0.2, 0.25) is 0 Å². The number of aromatic nitrogens is 2. The van der Waals surface area contributed by atoms with Crippen LogP contribution < -0.4 is 11.3 Å². The molecular formula is C11H16N4S2. The molecule has 0 saturated carbocycles. The molecule has 0 aliphatic rings. The third-order valence-electron chi connectivity index (χ3n) is 2.48. The number of rotatable bonds is 5. The predicted molar refractivity (Wildman–Crippen MR) is 72.2 cm³/mol. The molecule has 0 aromatic carbocycles. The third-order valence-corrected chi connectivity index (χ3v) is 4.12. The van der Waals surface area contributed by atoms with E-state index in [2.05, 4.69) is 26.2 Å². The first-order valence-electron chi connectivity index (χ1n) is 5.45. The van der Waals surface area contributed by atoms with E-state index in [0.29, 0.717) is 0 Å². The SMILES string of the molecule is Cc1nc(CC(Cc2csc(C)n2)NN)cs1. The lowest BCUT2D eigenvalue weighted by molar-refractivity contribution is 0.514. The van der Waals surface area contributed by atoms with Gasteiger partial charge in [-0.3, -0.25) is 11.3 Å². The van der Waals surface area contributed by atoms with Crippen molar-refractivity contribution in [3.63, 3.8) is 0 Å². The Hall–Kier alpha value is -0.820. The van der Waals surface area contributed by atoms with E-state index in [1.54, 1.807) is 22.7 Å². The van der Waals surface area contributed by atoms with Crippen LogP contribution in [0.3, 0.4) is 0 Å². The smallest absolute Gasteiger partial charge is 0.0897 e. The van der Waals surface area contributed by atoms with Gasteiger partial charge in [-0.25, -0.2) is 9.97 Å². The quantitative estimate of drug-likeness (QED) is 0.641. The Morgan fingerprint density at radius 2 is 1.59 bits per heavy atom. The molecule has 0 fully saturated rings. The Morgan fingerprint density at radius 3 is 1.88 bits per heavy atom. The van der Waals surface area contributed by atoms with Crippen molar-refractivity contribution in [1.29, 1.82) is 0 Å². The fourth-order valence-corrected chi connectivity index (χ4v) is 2.95. The maximum Gasteiger partial charge on any atom is 0.0897 e. The molecule has 17 heavy (non-hydrogen) atoms. The lowest BCUT2D eigenvalue weighted by atomic mass is 10.1. The van der Waals surface area contributed by atoms with E-state index in [0.717, 1.165) is 34.2 Å². The van der Waals surface area contributed by atoms with Crippen molar-refractivity contribution < 1.29 is 0 Å². The molecule has 4 nitrogen and oxygen atoms in total. The Balaban J connectivity index is 1.97. The molecule has 6 heteroatoms. The normalized spacial score (nSPS) is 11.3. The lowest BCUT2D eigenvalue weighted by Gasteiger charge is -2.12. The molecule has 0 atom stereocenters. The number of aryl methyl sites for hydroxylation is 2. The van der Waals surface area contributed by atoms with Crippen LogP contribution >= 0.6 is 22.7 Å². The first kappa shape index (κ1) is 12.6. The van der Waals surface area contributed by atoms with Crippen molar-refractivity contribution in [3.8, 4) is 0 Å². The van der Waals surface area contributed by atoms with Gasteiger partial charge >= 0.3 is 0 Å². The maximum absolute atomic E-state index is 5.58. The lowest BCUT2D eigenvalue weighted by Crippen LogP contribution is -2.38. The Bertz CT molecular complexity index is 435.